The first-order valence-electron chi connectivity index (χ1n) is 8.26. The maximum absolute atomic E-state index is 12.8. The van der Waals surface area contributed by atoms with Gasteiger partial charge in [-0.2, -0.15) is 0 Å². The van der Waals surface area contributed by atoms with Gasteiger partial charge in [-0.15, -0.1) is 0 Å². The highest BCUT2D eigenvalue weighted by atomic mass is 16.5. The van der Waals surface area contributed by atoms with Crippen LogP contribution in [0, 0.1) is 5.92 Å². The van der Waals surface area contributed by atoms with Gasteiger partial charge in [0.25, 0.3) is 5.91 Å². The van der Waals surface area contributed by atoms with Crippen LogP contribution in [0.15, 0.2) is 48.5 Å². The Balaban J connectivity index is 2.34. The zero-order chi connectivity index (χ0) is 18.4. The summed E-state index contributed by atoms with van der Waals surface area (Å²) in [6, 6.07) is 14.1. The molecule has 2 aromatic carbocycles. The molecule has 0 radical (unpaired) electrons. The van der Waals surface area contributed by atoms with E-state index in [9.17, 15) is 9.59 Å². The van der Waals surface area contributed by atoms with Crippen molar-refractivity contribution in [3.05, 3.63) is 54.1 Å². The average Bonchev–Trinajstić information content (AvgIpc) is 2.60. The van der Waals surface area contributed by atoms with Gasteiger partial charge in [0.05, 0.1) is 7.11 Å². The summed E-state index contributed by atoms with van der Waals surface area (Å²) in [7, 11) is 1.32. The molecule has 0 bridgehead atoms. The molecule has 5 heteroatoms. The summed E-state index contributed by atoms with van der Waals surface area (Å²) >= 11 is 0. The fourth-order valence-electron chi connectivity index (χ4n) is 2.68. The Labute approximate surface area is 148 Å². The maximum atomic E-state index is 12.8. The first-order chi connectivity index (χ1) is 11.9. The molecule has 0 saturated heterocycles. The Morgan fingerprint density at radius 2 is 1.80 bits per heavy atom. The fraction of sp³-hybridized carbons (Fsp3) is 0.300. The molecule has 1 amide bonds. The van der Waals surface area contributed by atoms with E-state index < -0.39 is 12.0 Å². The number of amides is 1. The Morgan fingerprint density at radius 1 is 1.12 bits per heavy atom. The van der Waals surface area contributed by atoms with Crippen LogP contribution in [0.5, 0.6) is 0 Å². The van der Waals surface area contributed by atoms with Gasteiger partial charge in [0.1, 0.15) is 6.04 Å². The third-order valence-electron chi connectivity index (χ3n) is 3.87. The Hall–Kier alpha value is -2.82. The number of hydrogen-bond donors (Lipinski definition) is 2. The molecule has 1 atom stereocenters. The highest BCUT2D eigenvalue weighted by Crippen LogP contribution is 2.26. The van der Waals surface area contributed by atoms with Crippen LogP contribution in [0.2, 0.25) is 0 Å². The van der Waals surface area contributed by atoms with Crippen molar-refractivity contribution in [1.29, 1.82) is 0 Å². The SMILES string of the molecule is COC(=O)C(CC(C)C)NC(=O)c1cc(N)ccc1-c1ccccc1. The molecule has 0 aliphatic rings. The van der Waals surface area contributed by atoms with Crippen molar-refractivity contribution in [2.24, 2.45) is 5.92 Å². The highest BCUT2D eigenvalue weighted by Gasteiger charge is 2.24. The summed E-state index contributed by atoms with van der Waals surface area (Å²) < 4.78 is 4.81. The van der Waals surface area contributed by atoms with Gasteiger partial charge in [-0.05, 0) is 35.6 Å². The third-order valence-corrected chi connectivity index (χ3v) is 3.87. The van der Waals surface area contributed by atoms with E-state index in [1.165, 1.54) is 7.11 Å². The minimum atomic E-state index is -0.692. The molecular weight excluding hydrogens is 316 g/mol. The fourth-order valence-corrected chi connectivity index (χ4v) is 2.68. The van der Waals surface area contributed by atoms with Gasteiger partial charge in [-0.25, -0.2) is 4.79 Å². The van der Waals surface area contributed by atoms with Crippen LogP contribution >= 0.6 is 0 Å². The molecule has 2 rings (SSSR count). The van der Waals surface area contributed by atoms with E-state index in [-0.39, 0.29) is 11.8 Å². The summed E-state index contributed by atoms with van der Waals surface area (Å²) in [5.74, 6) is -0.562. The van der Waals surface area contributed by atoms with Gasteiger partial charge in [0.15, 0.2) is 0 Å². The Morgan fingerprint density at radius 3 is 2.40 bits per heavy atom. The lowest BCUT2D eigenvalue weighted by molar-refractivity contribution is -0.143. The van der Waals surface area contributed by atoms with Gasteiger partial charge in [0.2, 0.25) is 0 Å². The van der Waals surface area contributed by atoms with Crippen molar-refractivity contribution >= 4 is 17.6 Å². The quantitative estimate of drug-likeness (QED) is 0.625. The van der Waals surface area contributed by atoms with E-state index in [1.54, 1.807) is 12.1 Å². The van der Waals surface area contributed by atoms with E-state index in [4.69, 9.17) is 10.5 Å². The monoisotopic (exact) mass is 340 g/mol. The molecule has 132 valence electrons. The van der Waals surface area contributed by atoms with Crippen molar-refractivity contribution in [3.8, 4) is 11.1 Å². The number of nitrogens with one attached hydrogen (secondary N) is 1. The first kappa shape index (κ1) is 18.5. The number of anilines is 1. The molecule has 3 N–H and O–H groups in total. The number of esters is 1. The summed E-state index contributed by atoms with van der Waals surface area (Å²) in [6.07, 6.45) is 0.501. The number of carbonyl (C=O) groups excluding carboxylic acids is 2. The number of nitrogens with two attached hydrogens (primary N) is 1. The molecule has 0 aliphatic heterocycles. The predicted octanol–water partition coefficient (Wildman–Crippen LogP) is 3.25. The van der Waals surface area contributed by atoms with E-state index in [0.717, 1.165) is 11.1 Å². The van der Waals surface area contributed by atoms with Crippen LogP contribution in [0.3, 0.4) is 0 Å². The molecule has 0 aliphatic carbocycles. The van der Waals surface area contributed by atoms with Crippen LogP contribution in [0.4, 0.5) is 5.69 Å². The highest BCUT2D eigenvalue weighted by molar-refractivity contribution is 6.03. The van der Waals surface area contributed by atoms with Crippen LogP contribution in [0.1, 0.15) is 30.6 Å². The standard InChI is InChI=1S/C20H24N2O3/c1-13(2)11-18(20(24)25-3)22-19(23)17-12-15(21)9-10-16(17)14-7-5-4-6-8-14/h4-10,12-13,18H,11,21H2,1-3H3,(H,22,23). The van der Waals surface area contributed by atoms with Crippen LogP contribution < -0.4 is 11.1 Å². The zero-order valence-corrected chi connectivity index (χ0v) is 14.8. The number of ether oxygens (including phenoxy) is 1. The average molecular weight is 340 g/mol. The van der Waals surface area contributed by atoms with E-state index in [0.29, 0.717) is 17.7 Å². The van der Waals surface area contributed by atoms with Crippen LogP contribution in [-0.4, -0.2) is 25.0 Å². The van der Waals surface area contributed by atoms with Crippen molar-refractivity contribution in [2.45, 2.75) is 26.3 Å². The second-order valence-corrected chi connectivity index (χ2v) is 6.35. The molecule has 1 unspecified atom stereocenters. The van der Waals surface area contributed by atoms with E-state index in [1.807, 2.05) is 50.2 Å². The Kier molecular flexibility index (Phi) is 6.17. The molecule has 0 saturated carbocycles. The van der Waals surface area contributed by atoms with Crippen molar-refractivity contribution in [3.63, 3.8) is 0 Å². The lowest BCUT2D eigenvalue weighted by Gasteiger charge is -2.19. The molecule has 25 heavy (non-hydrogen) atoms. The number of benzene rings is 2. The van der Waals surface area contributed by atoms with E-state index in [2.05, 4.69) is 5.32 Å². The maximum Gasteiger partial charge on any atom is 0.328 e. The van der Waals surface area contributed by atoms with E-state index >= 15 is 0 Å². The summed E-state index contributed by atoms with van der Waals surface area (Å²) in [4.78, 5) is 24.8. The number of carbonyl (C=O) groups is 2. The van der Waals surface area contributed by atoms with Gasteiger partial charge in [0, 0.05) is 11.3 Å². The van der Waals surface area contributed by atoms with Gasteiger partial charge in [-0.1, -0.05) is 50.2 Å². The lowest BCUT2D eigenvalue weighted by Crippen LogP contribution is -2.42. The molecular formula is C20H24N2O3. The number of hydrogen-bond acceptors (Lipinski definition) is 4. The number of methoxy groups -OCH3 is 1. The molecule has 0 spiro atoms. The van der Waals surface area contributed by atoms with Crippen LogP contribution in [-0.2, 0) is 9.53 Å². The molecule has 0 aromatic heterocycles. The Bertz CT molecular complexity index is 742. The van der Waals surface area contributed by atoms with Crippen LogP contribution in [0.25, 0.3) is 11.1 Å². The molecule has 2 aromatic rings. The van der Waals surface area contributed by atoms with Gasteiger partial charge >= 0.3 is 5.97 Å². The molecule has 0 heterocycles. The first-order valence-corrected chi connectivity index (χ1v) is 8.26. The molecule has 0 fully saturated rings. The van der Waals surface area contributed by atoms with Gasteiger partial charge in [-0.3, -0.25) is 4.79 Å². The van der Waals surface area contributed by atoms with Gasteiger partial charge < -0.3 is 15.8 Å². The van der Waals surface area contributed by atoms with Crippen molar-refractivity contribution in [1.82, 2.24) is 5.32 Å². The second-order valence-electron chi connectivity index (χ2n) is 6.35. The smallest absolute Gasteiger partial charge is 0.328 e. The summed E-state index contributed by atoms with van der Waals surface area (Å²) in [6.45, 7) is 3.97. The molecule has 5 nitrogen and oxygen atoms in total. The normalized spacial score (nSPS) is 11.8. The zero-order valence-electron chi connectivity index (χ0n) is 14.8. The second kappa shape index (κ2) is 8.33. The minimum absolute atomic E-state index is 0.235. The number of nitrogen functional groups attached to an aromatic ring is 1. The number of rotatable bonds is 6. The minimum Gasteiger partial charge on any atom is -0.467 e. The largest absolute Gasteiger partial charge is 0.467 e. The summed E-state index contributed by atoms with van der Waals surface area (Å²) in [5, 5.41) is 2.78. The topological polar surface area (TPSA) is 81.4 Å². The van der Waals surface area contributed by atoms with Crippen molar-refractivity contribution in [2.75, 3.05) is 12.8 Å². The third kappa shape index (κ3) is 4.83. The van der Waals surface area contributed by atoms with Crippen molar-refractivity contribution < 1.29 is 14.3 Å². The predicted molar refractivity (Wildman–Crippen MR) is 99.0 cm³/mol. The summed E-state index contributed by atoms with van der Waals surface area (Å²) in [5.41, 5.74) is 8.47. The lowest BCUT2D eigenvalue weighted by atomic mass is 9.97.